The van der Waals surface area contributed by atoms with Gasteiger partial charge in [-0.15, -0.1) is 11.8 Å². The van der Waals surface area contributed by atoms with Gasteiger partial charge in [-0.25, -0.2) is 4.79 Å². The van der Waals surface area contributed by atoms with Gasteiger partial charge in [0.15, 0.2) is 0 Å². The molecule has 26 heavy (non-hydrogen) atoms. The van der Waals surface area contributed by atoms with Gasteiger partial charge in [0, 0.05) is 12.2 Å². The van der Waals surface area contributed by atoms with Crippen LogP contribution in [0.25, 0.3) is 0 Å². The Balaban J connectivity index is 2.19. The van der Waals surface area contributed by atoms with Crippen molar-refractivity contribution in [3.63, 3.8) is 0 Å². The third-order valence-electron chi connectivity index (χ3n) is 4.03. The molecule has 1 saturated heterocycles. The van der Waals surface area contributed by atoms with Gasteiger partial charge in [0.05, 0.1) is 11.3 Å². The van der Waals surface area contributed by atoms with Crippen LogP contribution < -0.4 is 4.90 Å². The van der Waals surface area contributed by atoms with Crippen molar-refractivity contribution in [1.29, 1.82) is 0 Å². The van der Waals surface area contributed by atoms with Crippen molar-refractivity contribution < 1.29 is 14.3 Å². The normalized spacial score (nSPS) is 17.3. The highest BCUT2D eigenvalue weighted by Gasteiger charge is 2.34. The number of allylic oxidation sites excluding steroid dienone is 1. The van der Waals surface area contributed by atoms with E-state index >= 15 is 0 Å². The van der Waals surface area contributed by atoms with E-state index in [1.165, 1.54) is 0 Å². The molecule has 1 aliphatic heterocycles. The molecule has 1 aromatic rings. The van der Waals surface area contributed by atoms with Crippen LogP contribution in [-0.4, -0.2) is 55.2 Å². The number of thioether (sulfide) groups is 1. The second kappa shape index (κ2) is 9.05. The van der Waals surface area contributed by atoms with E-state index < -0.39 is 0 Å². The Labute approximate surface area is 159 Å². The summed E-state index contributed by atoms with van der Waals surface area (Å²) in [5.41, 5.74) is 3.05. The number of hydrogen-bond donors (Lipinski definition) is 0. The maximum absolute atomic E-state index is 12.4. The third-order valence-corrected chi connectivity index (χ3v) is 5.27. The number of aryl methyl sites for hydroxylation is 1. The predicted molar refractivity (Wildman–Crippen MR) is 108 cm³/mol. The first-order valence-electron chi connectivity index (χ1n) is 8.52. The van der Waals surface area contributed by atoms with Crippen LogP contribution in [0.15, 0.2) is 42.5 Å². The third kappa shape index (κ3) is 4.77. The molecule has 0 bridgehead atoms. The number of ether oxygens (including phenoxy) is 1. The lowest BCUT2D eigenvalue weighted by Crippen LogP contribution is -2.34. The Kier molecular flexibility index (Phi) is 7.06. The minimum absolute atomic E-state index is 0.0510. The average molecular weight is 375 g/mol. The molecule has 1 atom stereocenters. The van der Waals surface area contributed by atoms with Gasteiger partial charge in [0.1, 0.15) is 12.0 Å². The average Bonchev–Trinajstić information content (AvgIpc) is 2.96. The number of carbonyl (C=O) groups is 2. The minimum Gasteiger partial charge on any atom is -0.461 e. The highest BCUT2D eigenvalue weighted by molar-refractivity contribution is 8.01. The van der Waals surface area contributed by atoms with E-state index in [0.717, 1.165) is 16.8 Å². The fourth-order valence-corrected chi connectivity index (χ4v) is 3.82. The van der Waals surface area contributed by atoms with Crippen LogP contribution in [0.2, 0.25) is 0 Å². The van der Waals surface area contributed by atoms with Gasteiger partial charge in [0.25, 0.3) is 0 Å². The summed E-state index contributed by atoms with van der Waals surface area (Å²) in [4.78, 5) is 28.3. The Hall–Kier alpha value is -2.05. The Bertz CT molecular complexity index is 728. The summed E-state index contributed by atoms with van der Waals surface area (Å²) >= 11 is 1.56. The van der Waals surface area contributed by atoms with Crippen LogP contribution in [0.1, 0.15) is 22.8 Å². The number of esters is 1. The van der Waals surface area contributed by atoms with Gasteiger partial charge in [-0.2, -0.15) is 0 Å². The second-order valence-corrected chi connectivity index (χ2v) is 7.51. The first kappa shape index (κ1) is 20.3. The molecular formula is C20H26N2O3S. The van der Waals surface area contributed by atoms with E-state index in [4.69, 9.17) is 4.74 Å². The summed E-state index contributed by atoms with van der Waals surface area (Å²) in [6.45, 7) is 8.93. The van der Waals surface area contributed by atoms with E-state index in [1.54, 1.807) is 28.8 Å². The van der Waals surface area contributed by atoms with Gasteiger partial charge < -0.3 is 9.64 Å². The molecule has 2 rings (SSSR count). The number of likely N-dealkylation sites (N-methyl/N-ethyl adjacent to an activating group) is 1. The number of amides is 1. The lowest BCUT2D eigenvalue weighted by atomic mass is 10.1. The van der Waals surface area contributed by atoms with Crippen LogP contribution in [-0.2, 0) is 9.53 Å². The molecule has 1 aliphatic rings. The first-order valence-corrected chi connectivity index (χ1v) is 9.57. The van der Waals surface area contributed by atoms with Crippen molar-refractivity contribution in [3.8, 4) is 0 Å². The van der Waals surface area contributed by atoms with Crippen LogP contribution in [0.5, 0.6) is 0 Å². The lowest BCUT2D eigenvalue weighted by Gasteiger charge is -2.26. The fourth-order valence-electron chi connectivity index (χ4n) is 2.71. The molecule has 0 spiro atoms. The molecule has 0 saturated carbocycles. The molecule has 1 aromatic carbocycles. The minimum atomic E-state index is -0.349. The van der Waals surface area contributed by atoms with Gasteiger partial charge in [-0.1, -0.05) is 18.7 Å². The quantitative estimate of drug-likeness (QED) is 0.542. The van der Waals surface area contributed by atoms with Crippen LogP contribution in [0.4, 0.5) is 5.69 Å². The van der Waals surface area contributed by atoms with E-state index in [0.29, 0.717) is 24.5 Å². The summed E-state index contributed by atoms with van der Waals surface area (Å²) in [5.74, 6) is 0.128. The van der Waals surface area contributed by atoms with Crippen molar-refractivity contribution in [2.45, 2.75) is 19.2 Å². The van der Waals surface area contributed by atoms with Crippen molar-refractivity contribution in [2.24, 2.45) is 0 Å². The van der Waals surface area contributed by atoms with Gasteiger partial charge in [-0.05, 0) is 57.3 Å². The number of hydrogen-bond acceptors (Lipinski definition) is 5. The van der Waals surface area contributed by atoms with Crippen LogP contribution in [0, 0.1) is 6.92 Å². The molecule has 0 radical (unpaired) electrons. The maximum Gasteiger partial charge on any atom is 0.338 e. The number of nitrogens with zero attached hydrogens (tertiary/aromatic N) is 2. The summed E-state index contributed by atoms with van der Waals surface area (Å²) in [6.07, 6.45) is 3.85. The second-order valence-electron chi connectivity index (χ2n) is 6.44. The molecule has 0 aromatic heterocycles. The molecule has 5 nitrogen and oxygen atoms in total. The van der Waals surface area contributed by atoms with Crippen molar-refractivity contribution >= 4 is 29.3 Å². The zero-order valence-corrected chi connectivity index (χ0v) is 16.6. The number of benzene rings is 1. The molecule has 1 fully saturated rings. The van der Waals surface area contributed by atoms with E-state index in [2.05, 4.69) is 6.58 Å². The predicted octanol–water partition coefficient (Wildman–Crippen LogP) is 3.25. The maximum atomic E-state index is 12.4. The van der Waals surface area contributed by atoms with Gasteiger partial charge >= 0.3 is 5.97 Å². The van der Waals surface area contributed by atoms with E-state index in [-0.39, 0.29) is 17.3 Å². The fraction of sp³-hybridized carbons (Fsp3) is 0.400. The summed E-state index contributed by atoms with van der Waals surface area (Å²) in [6, 6.07) is 5.31. The zero-order chi connectivity index (χ0) is 19.3. The summed E-state index contributed by atoms with van der Waals surface area (Å²) < 4.78 is 5.28. The van der Waals surface area contributed by atoms with Gasteiger partial charge in [0.2, 0.25) is 5.91 Å². The Morgan fingerprint density at radius 2 is 2.19 bits per heavy atom. The SMILES string of the molecule is C=C(/C=C\C)C1SCC(=O)N1c1ccc(C(=O)OCCN(C)C)cc1C. The molecule has 0 N–H and O–H groups in total. The summed E-state index contributed by atoms with van der Waals surface area (Å²) in [5, 5.41) is -0.115. The Morgan fingerprint density at radius 3 is 2.81 bits per heavy atom. The largest absolute Gasteiger partial charge is 0.461 e. The van der Waals surface area contributed by atoms with E-state index in [9.17, 15) is 9.59 Å². The molecular weight excluding hydrogens is 348 g/mol. The highest BCUT2D eigenvalue weighted by Crippen LogP contribution is 2.36. The van der Waals surface area contributed by atoms with Crippen molar-refractivity contribution in [3.05, 3.63) is 53.6 Å². The van der Waals surface area contributed by atoms with Crippen molar-refractivity contribution in [2.75, 3.05) is 37.9 Å². The molecule has 0 aliphatic carbocycles. The molecule has 1 amide bonds. The first-order chi connectivity index (χ1) is 12.3. The lowest BCUT2D eigenvalue weighted by molar-refractivity contribution is -0.115. The Morgan fingerprint density at radius 1 is 1.46 bits per heavy atom. The summed E-state index contributed by atoms with van der Waals surface area (Å²) in [7, 11) is 3.85. The molecule has 1 unspecified atom stereocenters. The number of anilines is 1. The zero-order valence-electron chi connectivity index (χ0n) is 15.8. The highest BCUT2D eigenvalue weighted by atomic mass is 32.2. The van der Waals surface area contributed by atoms with Crippen LogP contribution >= 0.6 is 11.8 Å². The van der Waals surface area contributed by atoms with Crippen molar-refractivity contribution in [1.82, 2.24) is 4.90 Å². The van der Waals surface area contributed by atoms with Gasteiger partial charge in [-0.3, -0.25) is 9.69 Å². The standard InChI is InChI=1S/C20H26N2O3S/c1-6-7-14(2)19-22(18(23)13-26-19)17-9-8-16(12-15(17)3)20(24)25-11-10-21(4)5/h6-9,12,19H,2,10-11,13H2,1,3-5H3/b7-6-. The smallest absolute Gasteiger partial charge is 0.338 e. The monoisotopic (exact) mass is 374 g/mol. The molecule has 6 heteroatoms. The molecule has 1 heterocycles. The number of carbonyl (C=O) groups excluding carboxylic acids is 2. The topological polar surface area (TPSA) is 49.9 Å². The molecule has 140 valence electrons. The van der Waals surface area contributed by atoms with E-state index in [1.807, 2.05) is 51.1 Å². The van der Waals surface area contributed by atoms with Crippen LogP contribution in [0.3, 0.4) is 0 Å². The number of rotatable bonds is 7.